The summed E-state index contributed by atoms with van der Waals surface area (Å²) in [5, 5.41) is 3.02. The van der Waals surface area contributed by atoms with E-state index in [0.717, 1.165) is 23.1 Å². The molecule has 0 fully saturated rings. The molecule has 1 aliphatic rings. The second kappa shape index (κ2) is 8.84. The lowest BCUT2D eigenvalue weighted by Crippen LogP contribution is -2.01. The Bertz CT molecular complexity index is 2060. The van der Waals surface area contributed by atoms with Crippen molar-refractivity contribution in [3.63, 3.8) is 0 Å². The fourth-order valence-corrected chi connectivity index (χ4v) is 7.00. The van der Waals surface area contributed by atoms with Crippen LogP contribution < -0.4 is 0 Å². The molecule has 39 heavy (non-hydrogen) atoms. The Hall–Kier alpha value is -4.38. The van der Waals surface area contributed by atoms with Gasteiger partial charge in [0.2, 0.25) is 0 Å². The molecular weight excluding hydrogens is 518 g/mol. The van der Waals surface area contributed by atoms with Crippen molar-refractivity contribution in [1.29, 1.82) is 0 Å². The van der Waals surface area contributed by atoms with Crippen LogP contribution in [-0.4, -0.2) is 15.0 Å². The molecule has 0 saturated heterocycles. The molecule has 0 unspecified atom stereocenters. The van der Waals surface area contributed by atoms with Crippen molar-refractivity contribution in [2.45, 2.75) is 6.42 Å². The SMILES string of the molecule is Clc1cc2c(cc1-c1nc(-c3ccccc3)nc(-c3cccc4sc5ccccc5c34)n1)Cc1ccccc1-2. The first kappa shape index (κ1) is 22.6. The number of thiophene rings is 1. The minimum absolute atomic E-state index is 0.583. The van der Waals surface area contributed by atoms with E-state index in [1.54, 1.807) is 11.3 Å². The quantitative estimate of drug-likeness (QED) is 0.225. The monoisotopic (exact) mass is 537 g/mol. The molecule has 0 saturated carbocycles. The van der Waals surface area contributed by atoms with Gasteiger partial charge in [0.25, 0.3) is 0 Å². The summed E-state index contributed by atoms with van der Waals surface area (Å²) >= 11 is 8.75. The Balaban J connectivity index is 1.37. The third-order valence-electron chi connectivity index (χ3n) is 7.43. The van der Waals surface area contributed by atoms with Crippen molar-refractivity contribution < 1.29 is 0 Å². The number of rotatable bonds is 3. The maximum absolute atomic E-state index is 6.96. The van der Waals surface area contributed by atoms with E-state index in [9.17, 15) is 0 Å². The molecule has 1 aliphatic carbocycles. The number of benzene rings is 5. The van der Waals surface area contributed by atoms with Gasteiger partial charge in [0.15, 0.2) is 17.5 Å². The second-order valence-corrected chi connectivity index (χ2v) is 11.3. The first-order valence-electron chi connectivity index (χ1n) is 12.9. The van der Waals surface area contributed by atoms with E-state index in [2.05, 4.69) is 78.9 Å². The van der Waals surface area contributed by atoms with Crippen molar-refractivity contribution in [1.82, 2.24) is 15.0 Å². The normalized spacial score (nSPS) is 12.1. The van der Waals surface area contributed by atoms with E-state index in [4.69, 9.17) is 26.6 Å². The average molecular weight is 538 g/mol. The Labute approximate surface area is 234 Å². The fourth-order valence-electron chi connectivity index (χ4n) is 5.62. The Morgan fingerprint density at radius 2 is 1.23 bits per heavy atom. The Kier molecular flexibility index (Phi) is 5.12. The minimum atomic E-state index is 0.583. The van der Waals surface area contributed by atoms with Crippen LogP contribution in [0.15, 0.2) is 109 Å². The number of hydrogen-bond acceptors (Lipinski definition) is 4. The predicted molar refractivity (Wildman–Crippen MR) is 162 cm³/mol. The zero-order valence-corrected chi connectivity index (χ0v) is 22.3. The van der Waals surface area contributed by atoms with Gasteiger partial charge in [-0.15, -0.1) is 11.3 Å². The van der Waals surface area contributed by atoms with E-state index < -0.39 is 0 Å². The summed E-state index contributed by atoms with van der Waals surface area (Å²) in [5.74, 6) is 1.86. The molecule has 0 aliphatic heterocycles. The predicted octanol–water partition coefficient (Wildman–Crippen LogP) is 9.47. The maximum Gasteiger partial charge on any atom is 0.165 e. The molecule has 0 bridgehead atoms. The molecule has 7 aromatic rings. The van der Waals surface area contributed by atoms with Gasteiger partial charge in [-0.2, -0.15) is 0 Å². The van der Waals surface area contributed by atoms with Crippen LogP contribution in [0.25, 0.3) is 65.5 Å². The standard InChI is InChI=1S/C34H20ClN3S/c35-28-19-26-22(17-21-11-4-5-12-23(21)26)18-27(28)34-37-32(20-9-2-1-3-10-20)36-33(38-34)25-14-8-16-30-31(25)24-13-6-7-15-29(24)39-30/h1-16,18-19H,17H2. The highest BCUT2D eigenvalue weighted by Crippen LogP contribution is 2.43. The molecule has 3 nitrogen and oxygen atoms in total. The van der Waals surface area contributed by atoms with Crippen LogP contribution in [0.1, 0.15) is 11.1 Å². The number of fused-ring (bicyclic) bond motifs is 6. The Morgan fingerprint density at radius 1 is 0.538 bits per heavy atom. The molecule has 0 N–H and O–H groups in total. The topological polar surface area (TPSA) is 38.7 Å². The molecular formula is C34H20ClN3S. The van der Waals surface area contributed by atoms with Gasteiger partial charge in [0.1, 0.15) is 0 Å². The highest BCUT2D eigenvalue weighted by atomic mass is 35.5. The van der Waals surface area contributed by atoms with Crippen molar-refractivity contribution in [3.05, 3.63) is 125 Å². The van der Waals surface area contributed by atoms with E-state index in [1.165, 1.54) is 42.4 Å². The van der Waals surface area contributed by atoms with Gasteiger partial charge < -0.3 is 0 Å². The van der Waals surface area contributed by atoms with Gasteiger partial charge in [-0.05, 0) is 52.9 Å². The first-order chi connectivity index (χ1) is 19.2. The zero-order valence-electron chi connectivity index (χ0n) is 20.7. The fraction of sp³-hybridized carbons (Fsp3) is 0.0294. The number of hydrogen-bond donors (Lipinski definition) is 0. The minimum Gasteiger partial charge on any atom is -0.208 e. The molecule has 184 valence electrons. The summed E-state index contributed by atoms with van der Waals surface area (Å²) in [7, 11) is 0. The van der Waals surface area contributed by atoms with E-state index in [1.807, 2.05) is 30.3 Å². The highest BCUT2D eigenvalue weighted by molar-refractivity contribution is 7.25. The summed E-state index contributed by atoms with van der Waals surface area (Å²) in [5.41, 5.74) is 7.75. The van der Waals surface area contributed by atoms with Crippen LogP contribution in [0.3, 0.4) is 0 Å². The summed E-state index contributed by atoms with van der Waals surface area (Å²) < 4.78 is 2.46. The van der Waals surface area contributed by atoms with Gasteiger partial charge in [-0.3, -0.25) is 0 Å². The third kappa shape index (κ3) is 3.68. The third-order valence-corrected chi connectivity index (χ3v) is 8.88. The summed E-state index contributed by atoms with van der Waals surface area (Å²) in [6.45, 7) is 0. The number of nitrogens with zero attached hydrogens (tertiary/aromatic N) is 3. The molecule has 0 atom stereocenters. The van der Waals surface area contributed by atoms with E-state index >= 15 is 0 Å². The van der Waals surface area contributed by atoms with Crippen molar-refractivity contribution in [2.24, 2.45) is 0 Å². The number of halogens is 1. The van der Waals surface area contributed by atoms with Gasteiger partial charge in [-0.25, -0.2) is 15.0 Å². The molecule has 2 aromatic heterocycles. The number of aromatic nitrogens is 3. The summed E-state index contributed by atoms with van der Waals surface area (Å²) in [6.07, 6.45) is 0.874. The Morgan fingerprint density at radius 3 is 2.13 bits per heavy atom. The van der Waals surface area contributed by atoms with Gasteiger partial charge in [-0.1, -0.05) is 96.5 Å². The molecule has 0 spiro atoms. The zero-order chi connectivity index (χ0) is 25.9. The summed E-state index contributed by atoms with van der Waals surface area (Å²) in [4.78, 5) is 15.0. The molecule has 0 amide bonds. The second-order valence-electron chi connectivity index (χ2n) is 9.77. The smallest absolute Gasteiger partial charge is 0.165 e. The van der Waals surface area contributed by atoms with Crippen molar-refractivity contribution >= 4 is 43.1 Å². The van der Waals surface area contributed by atoms with Crippen LogP contribution in [0.5, 0.6) is 0 Å². The van der Waals surface area contributed by atoms with Gasteiger partial charge in [0, 0.05) is 36.9 Å². The van der Waals surface area contributed by atoms with Crippen LogP contribution in [0, 0.1) is 0 Å². The van der Waals surface area contributed by atoms with Crippen LogP contribution in [-0.2, 0) is 6.42 Å². The molecule has 8 rings (SSSR count). The lowest BCUT2D eigenvalue weighted by molar-refractivity contribution is 1.07. The molecule has 2 heterocycles. The van der Waals surface area contributed by atoms with Crippen LogP contribution in [0.4, 0.5) is 0 Å². The average Bonchev–Trinajstić information content (AvgIpc) is 3.55. The van der Waals surface area contributed by atoms with E-state index in [0.29, 0.717) is 22.5 Å². The molecule has 0 radical (unpaired) electrons. The van der Waals surface area contributed by atoms with Crippen molar-refractivity contribution in [2.75, 3.05) is 0 Å². The van der Waals surface area contributed by atoms with Crippen LogP contribution in [0.2, 0.25) is 5.02 Å². The van der Waals surface area contributed by atoms with Crippen molar-refractivity contribution in [3.8, 4) is 45.3 Å². The molecule has 5 heteroatoms. The van der Waals surface area contributed by atoms with Gasteiger partial charge >= 0.3 is 0 Å². The first-order valence-corrected chi connectivity index (χ1v) is 14.1. The lowest BCUT2D eigenvalue weighted by atomic mass is 10.0. The van der Waals surface area contributed by atoms with Crippen LogP contribution >= 0.6 is 22.9 Å². The largest absolute Gasteiger partial charge is 0.208 e. The van der Waals surface area contributed by atoms with Gasteiger partial charge in [0.05, 0.1) is 5.02 Å². The van der Waals surface area contributed by atoms with E-state index in [-0.39, 0.29) is 0 Å². The molecule has 5 aromatic carbocycles. The lowest BCUT2D eigenvalue weighted by Gasteiger charge is -2.12. The maximum atomic E-state index is 6.96. The highest BCUT2D eigenvalue weighted by Gasteiger charge is 2.23. The summed E-state index contributed by atoms with van der Waals surface area (Å²) in [6, 6.07) is 37.7.